The van der Waals surface area contributed by atoms with Crippen molar-refractivity contribution in [1.29, 1.82) is 5.26 Å². The van der Waals surface area contributed by atoms with Crippen molar-refractivity contribution in [2.45, 2.75) is 0 Å². The van der Waals surface area contributed by atoms with Gasteiger partial charge < -0.3 is 5.11 Å². The molecule has 0 radical (unpaired) electrons. The second-order valence-electron chi connectivity index (χ2n) is 7.12. The Morgan fingerprint density at radius 1 is 0.971 bits per heavy atom. The molecular weight excluding hydrogens is 448 g/mol. The Balaban J connectivity index is 1.52. The quantitative estimate of drug-likeness (QED) is 0.217. The van der Waals surface area contributed by atoms with Gasteiger partial charge in [0, 0.05) is 24.8 Å². The molecule has 170 valence electrons. The van der Waals surface area contributed by atoms with Crippen LogP contribution in [0.2, 0.25) is 0 Å². The predicted octanol–water partition coefficient (Wildman–Crippen LogP) is 2.87. The molecule has 0 unspecified atom stereocenters. The lowest BCUT2D eigenvalue weighted by Gasteiger charge is -2.16. The molecule has 3 aromatic heterocycles. The van der Waals surface area contributed by atoms with Crippen LogP contribution in [0.3, 0.4) is 0 Å². The highest BCUT2D eigenvalue weighted by Gasteiger charge is 2.21. The van der Waals surface area contributed by atoms with E-state index < -0.39 is 5.91 Å². The normalized spacial score (nSPS) is 10.5. The Morgan fingerprint density at radius 3 is 2.43 bits per heavy atom. The summed E-state index contributed by atoms with van der Waals surface area (Å²) < 4.78 is 1.34. The molecule has 12 nitrogen and oxygen atoms in total. The van der Waals surface area contributed by atoms with Crippen molar-refractivity contribution < 1.29 is 9.90 Å². The molecule has 12 heteroatoms. The highest BCUT2D eigenvalue weighted by Crippen LogP contribution is 2.35. The molecule has 0 atom stereocenters. The summed E-state index contributed by atoms with van der Waals surface area (Å²) in [5, 5.41) is 28.5. The molecule has 4 N–H and O–H groups in total. The van der Waals surface area contributed by atoms with Gasteiger partial charge in [-0.3, -0.25) is 21.0 Å². The minimum Gasteiger partial charge on any atom is -0.505 e. The zero-order valence-corrected chi connectivity index (χ0v) is 17.9. The minimum absolute atomic E-state index is 0.0280. The molecule has 5 rings (SSSR count). The van der Waals surface area contributed by atoms with Gasteiger partial charge in [-0.25, -0.2) is 19.9 Å². The van der Waals surface area contributed by atoms with Gasteiger partial charge in [-0.05, 0) is 29.0 Å². The monoisotopic (exact) mass is 464 g/mol. The first-order chi connectivity index (χ1) is 17.2. The van der Waals surface area contributed by atoms with Gasteiger partial charge >= 0.3 is 0 Å². The van der Waals surface area contributed by atoms with Gasteiger partial charge in [-0.2, -0.15) is 15.0 Å². The zero-order chi connectivity index (χ0) is 24.2. The molecule has 0 saturated heterocycles. The fourth-order valence-electron chi connectivity index (χ4n) is 3.42. The SMILES string of the molecule is N#Cc1cnn(-c2ncccn2)c1NNc1cc2ccccc2c(C(=O)Nc2ncccn2)c1O. The van der Waals surface area contributed by atoms with E-state index in [1.54, 1.807) is 48.8 Å². The number of carbonyl (C=O) groups excluding carboxylic acids is 1. The average molecular weight is 464 g/mol. The minimum atomic E-state index is -0.589. The van der Waals surface area contributed by atoms with Crippen molar-refractivity contribution in [3.8, 4) is 17.8 Å². The Bertz CT molecular complexity index is 1560. The Morgan fingerprint density at radius 2 is 1.69 bits per heavy atom. The summed E-state index contributed by atoms with van der Waals surface area (Å²) in [5.41, 5.74) is 6.18. The molecule has 5 aromatic rings. The molecule has 0 aliphatic heterocycles. The summed E-state index contributed by atoms with van der Waals surface area (Å²) in [6.45, 7) is 0. The van der Waals surface area contributed by atoms with Crippen LogP contribution in [0.15, 0.2) is 73.4 Å². The average Bonchev–Trinajstić information content (AvgIpc) is 3.31. The number of phenols is 1. The lowest BCUT2D eigenvalue weighted by atomic mass is 10.0. The van der Waals surface area contributed by atoms with Crippen LogP contribution in [0.1, 0.15) is 15.9 Å². The number of nitriles is 1. The van der Waals surface area contributed by atoms with Crippen molar-refractivity contribution >= 4 is 34.1 Å². The number of nitrogens with zero attached hydrogens (tertiary/aromatic N) is 7. The van der Waals surface area contributed by atoms with Gasteiger partial charge in [-0.15, -0.1) is 0 Å². The number of benzene rings is 2. The fraction of sp³-hybridized carbons (Fsp3) is 0. The zero-order valence-electron chi connectivity index (χ0n) is 17.9. The Hall–Kier alpha value is -5.57. The number of hydrogen-bond acceptors (Lipinski definition) is 10. The molecule has 0 aliphatic carbocycles. The first kappa shape index (κ1) is 21.3. The van der Waals surface area contributed by atoms with E-state index in [0.717, 1.165) is 0 Å². The fourth-order valence-corrected chi connectivity index (χ4v) is 3.42. The second-order valence-corrected chi connectivity index (χ2v) is 7.12. The van der Waals surface area contributed by atoms with Gasteiger partial charge in [0.05, 0.1) is 17.4 Å². The molecule has 0 spiro atoms. The topological polar surface area (TPSA) is 167 Å². The van der Waals surface area contributed by atoms with E-state index in [9.17, 15) is 15.2 Å². The second kappa shape index (κ2) is 9.12. The molecule has 35 heavy (non-hydrogen) atoms. The summed E-state index contributed by atoms with van der Waals surface area (Å²) >= 11 is 0. The molecule has 0 bridgehead atoms. The number of fused-ring (bicyclic) bond motifs is 1. The highest BCUT2D eigenvalue weighted by atomic mass is 16.3. The standard InChI is InChI=1S/C23H16N10O2/c24-12-15-13-29-33(23-27-9-4-10-28-23)20(15)32-31-17-11-14-5-1-2-6-16(14)18(19(17)34)21(35)30-22-25-7-3-8-26-22/h1-11,13,31-32,34H,(H,25,26,30,35). The maximum atomic E-state index is 13.1. The molecule has 1 amide bonds. The van der Waals surface area contributed by atoms with E-state index in [2.05, 4.69) is 41.2 Å². The van der Waals surface area contributed by atoms with Crippen LogP contribution in [0.5, 0.6) is 5.75 Å². The number of hydrazine groups is 1. The number of nitrogens with one attached hydrogen (secondary N) is 3. The van der Waals surface area contributed by atoms with E-state index in [1.165, 1.54) is 23.3 Å². The molecule has 0 saturated carbocycles. The van der Waals surface area contributed by atoms with Crippen LogP contribution < -0.4 is 16.2 Å². The Kier molecular flexibility index (Phi) is 5.55. The number of hydrogen-bond donors (Lipinski definition) is 4. The Labute approximate surface area is 197 Å². The van der Waals surface area contributed by atoms with Crippen LogP contribution in [0.4, 0.5) is 17.5 Å². The predicted molar refractivity (Wildman–Crippen MR) is 127 cm³/mol. The number of aromatic nitrogens is 6. The molecule has 0 aliphatic rings. The maximum absolute atomic E-state index is 13.1. The lowest BCUT2D eigenvalue weighted by molar-refractivity contribution is 0.102. The number of phenolic OH excluding ortho intramolecular Hbond substituents is 1. The first-order valence-corrected chi connectivity index (χ1v) is 10.3. The van der Waals surface area contributed by atoms with Gasteiger partial charge in [0.2, 0.25) is 5.95 Å². The summed E-state index contributed by atoms with van der Waals surface area (Å²) in [4.78, 5) is 29.4. The van der Waals surface area contributed by atoms with E-state index >= 15 is 0 Å². The molecule has 3 heterocycles. The summed E-state index contributed by atoms with van der Waals surface area (Å²) in [5.74, 6) is -0.319. The summed E-state index contributed by atoms with van der Waals surface area (Å²) in [6.07, 6.45) is 7.44. The number of carbonyl (C=O) groups is 1. The smallest absolute Gasteiger partial charge is 0.262 e. The third-order valence-electron chi connectivity index (χ3n) is 4.99. The third-order valence-corrected chi connectivity index (χ3v) is 4.99. The van der Waals surface area contributed by atoms with Crippen molar-refractivity contribution in [3.05, 3.63) is 84.6 Å². The largest absolute Gasteiger partial charge is 0.505 e. The first-order valence-electron chi connectivity index (χ1n) is 10.3. The highest BCUT2D eigenvalue weighted by molar-refractivity contribution is 6.16. The van der Waals surface area contributed by atoms with Gasteiger partial charge in [-0.1, -0.05) is 24.3 Å². The summed E-state index contributed by atoms with van der Waals surface area (Å²) in [6, 6.07) is 14.1. The summed E-state index contributed by atoms with van der Waals surface area (Å²) in [7, 11) is 0. The molecule has 2 aromatic carbocycles. The number of amides is 1. The van der Waals surface area contributed by atoms with E-state index in [-0.39, 0.29) is 40.3 Å². The molecule has 0 fully saturated rings. The van der Waals surface area contributed by atoms with Crippen molar-refractivity contribution in [1.82, 2.24) is 29.7 Å². The van der Waals surface area contributed by atoms with Crippen LogP contribution in [-0.2, 0) is 0 Å². The van der Waals surface area contributed by atoms with Crippen molar-refractivity contribution in [3.63, 3.8) is 0 Å². The van der Waals surface area contributed by atoms with Gasteiger partial charge in [0.1, 0.15) is 11.6 Å². The van der Waals surface area contributed by atoms with Crippen LogP contribution in [-0.4, -0.2) is 40.7 Å². The van der Waals surface area contributed by atoms with Crippen LogP contribution in [0, 0.1) is 11.3 Å². The van der Waals surface area contributed by atoms with E-state index in [0.29, 0.717) is 10.8 Å². The van der Waals surface area contributed by atoms with Crippen molar-refractivity contribution in [2.75, 3.05) is 16.2 Å². The van der Waals surface area contributed by atoms with Crippen LogP contribution in [0.25, 0.3) is 16.7 Å². The third kappa shape index (κ3) is 4.12. The van der Waals surface area contributed by atoms with Gasteiger partial charge in [0.15, 0.2) is 11.6 Å². The van der Waals surface area contributed by atoms with Gasteiger partial charge in [0.25, 0.3) is 11.9 Å². The van der Waals surface area contributed by atoms with Crippen LogP contribution >= 0.6 is 0 Å². The molecular formula is C23H16N10O2. The number of rotatable bonds is 6. The van der Waals surface area contributed by atoms with E-state index in [1.807, 2.05) is 12.1 Å². The lowest BCUT2D eigenvalue weighted by Crippen LogP contribution is -2.18. The maximum Gasteiger partial charge on any atom is 0.262 e. The number of aromatic hydroxyl groups is 1. The van der Waals surface area contributed by atoms with Crippen molar-refractivity contribution in [2.24, 2.45) is 0 Å². The number of anilines is 3. The van der Waals surface area contributed by atoms with E-state index in [4.69, 9.17) is 0 Å².